The minimum atomic E-state index is -0.501. The van der Waals surface area contributed by atoms with Crippen LogP contribution in [0.5, 0.6) is 5.75 Å². The van der Waals surface area contributed by atoms with Crippen LogP contribution in [-0.2, 0) is 11.2 Å². The smallest absolute Gasteiger partial charge is 0.262 e. The molecule has 0 aliphatic rings. The maximum atomic E-state index is 11.9. The van der Waals surface area contributed by atoms with Crippen LogP contribution < -0.4 is 15.8 Å². The van der Waals surface area contributed by atoms with E-state index in [1.165, 1.54) is 24.8 Å². The van der Waals surface area contributed by atoms with Gasteiger partial charge in [0.05, 0.1) is 0 Å². The Labute approximate surface area is 148 Å². The minimum absolute atomic E-state index is 0.0766. The molecule has 25 heavy (non-hydrogen) atoms. The summed E-state index contributed by atoms with van der Waals surface area (Å²) in [6, 6.07) is 14.2. The molecule has 5 heteroatoms. The summed E-state index contributed by atoms with van der Waals surface area (Å²) in [7, 11) is 0. The molecule has 3 N–H and O–H groups in total. The van der Waals surface area contributed by atoms with Crippen LogP contribution in [0.3, 0.4) is 0 Å². The summed E-state index contributed by atoms with van der Waals surface area (Å²) in [6.07, 6.45) is 4.70. The van der Waals surface area contributed by atoms with E-state index in [1.54, 1.807) is 24.3 Å². The van der Waals surface area contributed by atoms with Crippen molar-refractivity contribution in [2.45, 2.75) is 32.6 Å². The third kappa shape index (κ3) is 6.30. The van der Waals surface area contributed by atoms with Gasteiger partial charge in [-0.05, 0) is 54.8 Å². The Hall–Kier alpha value is -2.82. The van der Waals surface area contributed by atoms with Crippen molar-refractivity contribution in [2.24, 2.45) is 5.73 Å². The molecule has 0 aliphatic heterocycles. The largest absolute Gasteiger partial charge is 0.484 e. The van der Waals surface area contributed by atoms with Gasteiger partial charge < -0.3 is 15.8 Å². The molecule has 2 aromatic rings. The molecule has 0 aliphatic carbocycles. The monoisotopic (exact) mass is 340 g/mol. The van der Waals surface area contributed by atoms with Crippen LogP contribution in [0.25, 0.3) is 0 Å². The van der Waals surface area contributed by atoms with E-state index in [0.29, 0.717) is 17.0 Å². The quantitative estimate of drug-likeness (QED) is 0.685. The molecule has 0 aromatic heterocycles. The second-order valence-corrected chi connectivity index (χ2v) is 5.88. The Morgan fingerprint density at radius 2 is 1.68 bits per heavy atom. The average molecular weight is 340 g/mol. The zero-order valence-electron chi connectivity index (χ0n) is 14.5. The predicted molar refractivity (Wildman–Crippen MR) is 98.8 cm³/mol. The zero-order valence-corrected chi connectivity index (χ0v) is 14.5. The summed E-state index contributed by atoms with van der Waals surface area (Å²) in [5.74, 6) is -0.100. The summed E-state index contributed by atoms with van der Waals surface area (Å²) in [5, 5.41) is 2.71. The highest BCUT2D eigenvalue weighted by Crippen LogP contribution is 2.15. The molecule has 2 rings (SSSR count). The number of aryl methyl sites for hydroxylation is 1. The highest BCUT2D eigenvalue weighted by Gasteiger charge is 2.05. The normalized spacial score (nSPS) is 10.3. The molecule has 0 saturated heterocycles. The van der Waals surface area contributed by atoms with Gasteiger partial charge >= 0.3 is 0 Å². The molecule has 0 unspecified atom stereocenters. The number of carbonyl (C=O) groups is 2. The number of primary amides is 1. The number of nitrogens with two attached hydrogens (primary N) is 1. The summed E-state index contributed by atoms with van der Waals surface area (Å²) in [6.45, 7) is 2.11. The number of anilines is 1. The van der Waals surface area contributed by atoms with Crippen LogP contribution >= 0.6 is 0 Å². The summed E-state index contributed by atoms with van der Waals surface area (Å²) in [5.41, 5.74) is 7.44. The van der Waals surface area contributed by atoms with E-state index < -0.39 is 5.91 Å². The Bertz CT molecular complexity index is 694. The van der Waals surface area contributed by atoms with Gasteiger partial charge in [0.25, 0.3) is 5.91 Å². The number of benzene rings is 2. The van der Waals surface area contributed by atoms with Crippen molar-refractivity contribution in [2.75, 3.05) is 11.9 Å². The van der Waals surface area contributed by atoms with Crippen molar-refractivity contribution in [1.82, 2.24) is 0 Å². The van der Waals surface area contributed by atoms with Crippen LogP contribution in [0.2, 0.25) is 0 Å². The highest BCUT2D eigenvalue weighted by molar-refractivity contribution is 5.95. The fourth-order valence-electron chi connectivity index (χ4n) is 2.40. The molecular formula is C20H24N2O3. The lowest BCUT2D eigenvalue weighted by Gasteiger charge is -2.08. The molecule has 5 nitrogen and oxygen atoms in total. The number of rotatable bonds is 9. The van der Waals surface area contributed by atoms with Gasteiger partial charge in [-0.15, -0.1) is 0 Å². The molecule has 0 spiro atoms. The van der Waals surface area contributed by atoms with Crippen LogP contribution in [0.1, 0.15) is 42.1 Å². The van der Waals surface area contributed by atoms with Crippen LogP contribution in [0, 0.1) is 0 Å². The van der Waals surface area contributed by atoms with E-state index in [2.05, 4.69) is 12.2 Å². The first-order valence-corrected chi connectivity index (χ1v) is 8.50. The first-order valence-electron chi connectivity index (χ1n) is 8.50. The third-order valence-corrected chi connectivity index (χ3v) is 3.82. The van der Waals surface area contributed by atoms with Crippen molar-refractivity contribution < 1.29 is 14.3 Å². The first-order chi connectivity index (χ1) is 12.1. The number of carbonyl (C=O) groups excluding carboxylic acids is 2. The lowest BCUT2D eigenvalue weighted by Crippen LogP contribution is -2.20. The lowest BCUT2D eigenvalue weighted by molar-refractivity contribution is -0.118. The van der Waals surface area contributed by atoms with Gasteiger partial charge in [0.15, 0.2) is 6.61 Å². The fraction of sp³-hybridized carbons (Fsp3) is 0.300. The Morgan fingerprint density at radius 1 is 1.00 bits per heavy atom. The third-order valence-electron chi connectivity index (χ3n) is 3.82. The van der Waals surface area contributed by atoms with Crippen molar-refractivity contribution in [1.29, 1.82) is 0 Å². The van der Waals surface area contributed by atoms with Gasteiger partial charge in [-0.1, -0.05) is 31.9 Å². The van der Waals surface area contributed by atoms with Gasteiger partial charge in [0.1, 0.15) is 5.75 Å². The van der Waals surface area contributed by atoms with Crippen molar-refractivity contribution >= 4 is 17.5 Å². The SMILES string of the molecule is CCCCCc1ccc(OCC(=O)Nc2ccc(C(N)=O)cc2)cc1. The molecule has 0 fully saturated rings. The van der Waals surface area contributed by atoms with Crippen LogP contribution in [-0.4, -0.2) is 18.4 Å². The molecule has 132 valence electrons. The number of hydrogen-bond acceptors (Lipinski definition) is 3. The van der Waals surface area contributed by atoms with Gasteiger partial charge in [0, 0.05) is 11.3 Å². The van der Waals surface area contributed by atoms with E-state index in [-0.39, 0.29) is 12.5 Å². The highest BCUT2D eigenvalue weighted by atomic mass is 16.5. The van der Waals surface area contributed by atoms with Crippen molar-refractivity contribution in [3.8, 4) is 5.75 Å². The summed E-state index contributed by atoms with van der Waals surface area (Å²) in [4.78, 5) is 22.9. The molecule has 2 amide bonds. The molecule has 0 radical (unpaired) electrons. The standard InChI is InChI=1S/C20H24N2O3/c1-2-3-4-5-15-6-12-18(13-7-15)25-14-19(23)22-17-10-8-16(9-11-17)20(21)24/h6-13H,2-5,14H2,1H3,(H2,21,24)(H,22,23). The zero-order chi connectivity index (χ0) is 18.1. The Morgan fingerprint density at radius 3 is 2.28 bits per heavy atom. The second-order valence-electron chi connectivity index (χ2n) is 5.88. The summed E-state index contributed by atoms with van der Waals surface area (Å²) < 4.78 is 5.50. The van der Waals surface area contributed by atoms with E-state index in [0.717, 1.165) is 6.42 Å². The van der Waals surface area contributed by atoms with Crippen molar-refractivity contribution in [3.05, 3.63) is 59.7 Å². The van der Waals surface area contributed by atoms with Crippen LogP contribution in [0.4, 0.5) is 5.69 Å². The van der Waals surface area contributed by atoms with Gasteiger partial charge in [-0.25, -0.2) is 0 Å². The number of ether oxygens (including phenoxy) is 1. The van der Waals surface area contributed by atoms with Gasteiger partial charge in [-0.2, -0.15) is 0 Å². The van der Waals surface area contributed by atoms with Crippen molar-refractivity contribution in [3.63, 3.8) is 0 Å². The molecule has 0 heterocycles. The molecule has 0 bridgehead atoms. The van der Waals surface area contributed by atoms with E-state index in [4.69, 9.17) is 10.5 Å². The maximum Gasteiger partial charge on any atom is 0.262 e. The Balaban J connectivity index is 1.78. The van der Waals surface area contributed by atoms with Gasteiger partial charge in [0.2, 0.25) is 5.91 Å². The molecule has 0 saturated carbocycles. The predicted octanol–water partition coefficient (Wildman–Crippen LogP) is 3.54. The maximum absolute atomic E-state index is 11.9. The van der Waals surface area contributed by atoms with Gasteiger partial charge in [-0.3, -0.25) is 9.59 Å². The Kier molecular flexibility index (Phi) is 7.01. The number of unbranched alkanes of at least 4 members (excludes halogenated alkanes) is 2. The van der Waals surface area contributed by atoms with E-state index >= 15 is 0 Å². The molecule has 0 atom stereocenters. The number of hydrogen-bond donors (Lipinski definition) is 2. The first kappa shape index (κ1) is 18.5. The second kappa shape index (κ2) is 9.47. The molecular weight excluding hydrogens is 316 g/mol. The van der Waals surface area contributed by atoms with Crippen LogP contribution in [0.15, 0.2) is 48.5 Å². The van der Waals surface area contributed by atoms with E-state index in [1.807, 2.05) is 24.3 Å². The fourth-order valence-corrected chi connectivity index (χ4v) is 2.40. The minimum Gasteiger partial charge on any atom is -0.484 e. The topological polar surface area (TPSA) is 81.4 Å². The molecule has 2 aromatic carbocycles. The van der Waals surface area contributed by atoms with E-state index in [9.17, 15) is 9.59 Å². The summed E-state index contributed by atoms with van der Waals surface area (Å²) >= 11 is 0. The number of amides is 2. The average Bonchev–Trinajstić information content (AvgIpc) is 2.62. The number of nitrogens with one attached hydrogen (secondary N) is 1. The lowest BCUT2D eigenvalue weighted by atomic mass is 10.1.